The average molecular weight is 572 g/mol. The van der Waals surface area contributed by atoms with E-state index in [1.807, 2.05) is 51.1 Å². The van der Waals surface area contributed by atoms with Crippen LogP contribution >= 0.6 is 11.6 Å². The number of piperidine rings is 1. The average Bonchev–Trinajstić information content (AvgIpc) is 2.89. The molecule has 2 fully saturated rings. The summed E-state index contributed by atoms with van der Waals surface area (Å²) >= 11 is 6.17. The number of hydrogen-bond acceptors (Lipinski definition) is 6. The minimum atomic E-state index is -1.00. The predicted octanol–water partition coefficient (Wildman–Crippen LogP) is 4.25. The summed E-state index contributed by atoms with van der Waals surface area (Å²) in [7, 11) is 0. The number of carbonyl (C=O) groups excluding carboxylic acids is 2. The maximum absolute atomic E-state index is 13.4. The molecule has 2 aromatic carbocycles. The number of aromatic hydroxyl groups is 2. The molecule has 0 bridgehead atoms. The van der Waals surface area contributed by atoms with Crippen LogP contribution in [0, 0.1) is 11.8 Å². The number of nitrogens with zero attached hydrogens (tertiary/aromatic N) is 1. The van der Waals surface area contributed by atoms with Crippen LogP contribution in [0.3, 0.4) is 0 Å². The second kappa shape index (κ2) is 12.8. The van der Waals surface area contributed by atoms with Gasteiger partial charge in [0.1, 0.15) is 11.5 Å². The van der Waals surface area contributed by atoms with Gasteiger partial charge in [-0.3, -0.25) is 14.5 Å². The molecule has 1 saturated carbocycles. The Balaban J connectivity index is 1.57. The molecule has 0 unspecified atom stereocenters. The van der Waals surface area contributed by atoms with Gasteiger partial charge >= 0.3 is 0 Å². The van der Waals surface area contributed by atoms with Crippen molar-refractivity contribution in [1.82, 2.24) is 15.5 Å². The number of halogens is 1. The molecule has 0 spiro atoms. The van der Waals surface area contributed by atoms with E-state index in [1.165, 1.54) is 18.9 Å². The van der Waals surface area contributed by atoms with Crippen LogP contribution < -0.4 is 10.6 Å². The van der Waals surface area contributed by atoms with Gasteiger partial charge in [-0.15, -0.1) is 0 Å². The molecular weight excluding hydrogens is 530 g/mol. The summed E-state index contributed by atoms with van der Waals surface area (Å²) in [6.07, 6.45) is 4.72. The molecule has 218 valence electrons. The van der Waals surface area contributed by atoms with Crippen LogP contribution in [-0.2, 0) is 11.2 Å². The third-order valence-electron chi connectivity index (χ3n) is 8.09. The molecule has 2 aromatic rings. The molecule has 40 heavy (non-hydrogen) atoms. The van der Waals surface area contributed by atoms with Crippen molar-refractivity contribution < 1.29 is 24.9 Å². The topological polar surface area (TPSA) is 122 Å². The number of phenols is 2. The van der Waals surface area contributed by atoms with Gasteiger partial charge in [0.25, 0.3) is 5.91 Å². The van der Waals surface area contributed by atoms with Crippen LogP contribution in [0.25, 0.3) is 0 Å². The normalized spacial score (nSPS) is 23.1. The van der Waals surface area contributed by atoms with Gasteiger partial charge in [-0.1, -0.05) is 61.2 Å². The smallest absolute Gasteiger partial charge is 0.253 e. The van der Waals surface area contributed by atoms with Gasteiger partial charge in [-0.25, -0.2) is 0 Å². The Morgan fingerprint density at radius 1 is 1.07 bits per heavy atom. The van der Waals surface area contributed by atoms with E-state index in [9.17, 15) is 24.9 Å². The number of likely N-dealkylation sites (tertiary alicyclic amines) is 1. The lowest BCUT2D eigenvalue weighted by atomic mass is 9.72. The Kier molecular flexibility index (Phi) is 9.64. The zero-order chi connectivity index (χ0) is 29.0. The Hall–Kier alpha value is -2.81. The Morgan fingerprint density at radius 3 is 2.42 bits per heavy atom. The minimum absolute atomic E-state index is 0.0330. The number of aliphatic hydroxyl groups excluding tert-OH is 1. The van der Waals surface area contributed by atoms with E-state index in [0.29, 0.717) is 18.3 Å². The van der Waals surface area contributed by atoms with E-state index in [4.69, 9.17) is 11.6 Å². The van der Waals surface area contributed by atoms with Crippen LogP contribution in [0.2, 0.25) is 5.02 Å². The van der Waals surface area contributed by atoms with Gasteiger partial charge in [0.2, 0.25) is 5.91 Å². The summed E-state index contributed by atoms with van der Waals surface area (Å²) in [6.45, 7) is 6.83. The number of hydrogen-bond donors (Lipinski definition) is 5. The summed E-state index contributed by atoms with van der Waals surface area (Å²) < 4.78 is 0. The van der Waals surface area contributed by atoms with E-state index < -0.39 is 23.8 Å². The highest BCUT2D eigenvalue weighted by Gasteiger charge is 2.41. The Bertz CT molecular complexity index is 1190. The lowest BCUT2D eigenvalue weighted by molar-refractivity contribution is -0.132. The highest BCUT2D eigenvalue weighted by Crippen LogP contribution is 2.39. The Morgan fingerprint density at radius 2 is 1.75 bits per heavy atom. The molecule has 0 radical (unpaired) electrons. The Labute approximate surface area is 241 Å². The van der Waals surface area contributed by atoms with E-state index in [2.05, 4.69) is 15.5 Å². The number of β-amino-alcohol motifs (C(OH)–C–C–N with tert-alkyl or cyclic N) is 1. The first-order valence-corrected chi connectivity index (χ1v) is 14.6. The number of amides is 2. The number of carbonyl (C=O) groups is 2. The van der Waals surface area contributed by atoms with Crippen LogP contribution in [-0.4, -0.2) is 68.8 Å². The number of fused-ring (bicyclic) bond motifs is 1. The van der Waals surface area contributed by atoms with Gasteiger partial charge in [0.05, 0.1) is 28.8 Å². The summed E-state index contributed by atoms with van der Waals surface area (Å²) in [5.41, 5.74) is 0.459. The predicted molar refractivity (Wildman–Crippen MR) is 156 cm³/mol. The fraction of sp³-hybridized carbons (Fsp3) is 0.548. The van der Waals surface area contributed by atoms with Crippen molar-refractivity contribution >= 4 is 23.4 Å². The van der Waals surface area contributed by atoms with Gasteiger partial charge in [-0.2, -0.15) is 0 Å². The first kappa shape index (κ1) is 30.2. The third kappa shape index (κ3) is 7.68. The molecule has 1 aliphatic carbocycles. The molecule has 1 saturated heterocycles. The molecule has 2 aliphatic rings. The molecule has 4 rings (SSSR count). The highest BCUT2D eigenvalue weighted by molar-refractivity contribution is 6.35. The zero-order valence-corrected chi connectivity index (χ0v) is 24.3. The van der Waals surface area contributed by atoms with Crippen molar-refractivity contribution in [1.29, 1.82) is 0 Å². The van der Waals surface area contributed by atoms with Crippen LogP contribution in [0.1, 0.15) is 68.8 Å². The van der Waals surface area contributed by atoms with Gasteiger partial charge in [0.15, 0.2) is 0 Å². The quantitative estimate of drug-likeness (QED) is 0.323. The first-order chi connectivity index (χ1) is 18.9. The molecule has 1 aliphatic heterocycles. The lowest BCUT2D eigenvalue weighted by Gasteiger charge is -2.47. The third-order valence-corrected chi connectivity index (χ3v) is 8.48. The lowest BCUT2D eigenvalue weighted by Crippen LogP contribution is -2.60. The molecule has 5 atom stereocenters. The molecule has 0 aromatic heterocycles. The summed E-state index contributed by atoms with van der Waals surface area (Å²) in [4.78, 5) is 28.8. The van der Waals surface area contributed by atoms with Gasteiger partial charge in [-0.05, 0) is 63.5 Å². The van der Waals surface area contributed by atoms with Crippen molar-refractivity contribution in [2.75, 3.05) is 13.1 Å². The largest absolute Gasteiger partial charge is 0.508 e. The van der Waals surface area contributed by atoms with Gasteiger partial charge < -0.3 is 26.0 Å². The van der Waals surface area contributed by atoms with Crippen LogP contribution in [0.4, 0.5) is 0 Å². The van der Waals surface area contributed by atoms with E-state index in [-0.39, 0.29) is 40.4 Å². The molecule has 2 amide bonds. The molecule has 8 nitrogen and oxygen atoms in total. The second-order valence-corrected chi connectivity index (χ2v) is 12.8. The monoisotopic (exact) mass is 571 g/mol. The number of phenolic OH excluding ortho intramolecular Hbond substituents is 2. The second-order valence-electron chi connectivity index (χ2n) is 12.4. The van der Waals surface area contributed by atoms with Crippen molar-refractivity contribution in [3.63, 3.8) is 0 Å². The number of rotatable bonds is 8. The maximum atomic E-state index is 13.4. The molecular formula is C31H42ClN3O5. The fourth-order valence-electron chi connectivity index (χ4n) is 6.15. The van der Waals surface area contributed by atoms with Crippen molar-refractivity contribution in [3.8, 4) is 11.5 Å². The van der Waals surface area contributed by atoms with Crippen molar-refractivity contribution in [3.05, 3.63) is 58.6 Å². The standard InChI is InChI=1S/C31H42ClN3O5/c1-31(2,3)34-30(40)25-14-20-11-7-8-12-21(20)17-35(25)18-27(38)24(13-19-9-5-4-6-10-19)33-29(39)23-15-22(36)16-26(37)28(23)32/h4-6,9-10,15-16,20-21,24-25,27,36-38H,7-8,11-14,17-18H2,1-3H3,(H,33,39)(H,34,40)/t20-,21+,24-,25-,27+/m0/s1. The minimum Gasteiger partial charge on any atom is -0.508 e. The highest BCUT2D eigenvalue weighted by atomic mass is 35.5. The van der Waals surface area contributed by atoms with Crippen molar-refractivity contribution in [2.24, 2.45) is 11.8 Å². The maximum Gasteiger partial charge on any atom is 0.253 e. The summed E-state index contributed by atoms with van der Waals surface area (Å²) in [6, 6.07) is 10.7. The van der Waals surface area contributed by atoms with E-state index in [0.717, 1.165) is 37.4 Å². The molecule has 5 N–H and O–H groups in total. The van der Waals surface area contributed by atoms with E-state index in [1.54, 1.807) is 0 Å². The summed E-state index contributed by atoms with van der Waals surface area (Å²) in [5.74, 6) is -0.377. The SMILES string of the molecule is CC(C)(C)NC(=O)[C@@H]1C[C@@H]2CCCC[C@@H]2CN1C[C@@H](O)[C@H](Cc1ccccc1)NC(=O)c1cc(O)cc(O)c1Cl. The molecule has 9 heteroatoms. The van der Waals surface area contributed by atoms with Crippen molar-refractivity contribution in [2.45, 2.75) is 83.0 Å². The van der Waals surface area contributed by atoms with Crippen LogP contribution in [0.5, 0.6) is 11.5 Å². The van der Waals surface area contributed by atoms with Gasteiger partial charge in [0, 0.05) is 24.7 Å². The number of nitrogens with one attached hydrogen (secondary N) is 2. The number of aliphatic hydroxyl groups is 1. The summed E-state index contributed by atoms with van der Waals surface area (Å²) in [5, 5.41) is 37.4. The van der Waals surface area contributed by atoms with E-state index >= 15 is 0 Å². The number of benzene rings is 2. The zero-order valence-electron chi connectivity index (χ0n) is 23.6. The molecule has 1 heterocycles. The fourth-order valence-corrected chi connectivity index (χ4v) is 6.35. The first-order valence-electron chi connectivity index (χ1n) is 14.2. The van der Waals surface area contributed by atoms with Crippen LogP contribution in [0.15, 0.2) is 42.5 Å².